The molecule has 0 saturated carbocycles. The van der Waals surface area contributed by atoms with Crippen LogP contribution in [0.15, 0.2) is 18.2 Å². The van der Waals surface area contributed by atoms with E-state index >= 15 is 0 Å². The second kappa shape index (κ2) is 5.79. The van der Waals surface area contributed by atoms with E-state index in [1.807, 2.05) is 0 Å². The molecule has 1 aromatic rings. The van der Waals surface area contributed by atoms with Crippen molar-refractivity contribution in [2.45, 2.75) is 25.0 Å². The molecule has 2 rings (SSSR count). The lowest BCUT2D eigenvalue weighted by molar-refractivity contribution is -0.149. The smallest absolute Gasteiger partial charge is 0.332 e. The molecule has 108 valence electrons. The summed E-state index contributed by atoms with van der Waals surface area (Å²) in [5, 5.41) is 30.2. The van der Waals surface area contributed by atoms with E-state index in [-0.39, 0.29) is 24.0 Å². The van der Waals surface area contributed by atoms with Crippen LogP contribution in [0, 0.1) is 0 Å². The van der Waals surface area contributed by atoms with Crippen LogP contribution >= 0.6 is 0 Å². The van der Waals surface area contributed by atoms with Crippen LogP contribution in [-0.2, 0) is 9.53 Å². The fourth-order valence-electron chi connectivity index (χ4n) is 2.05. The van der Waals surface area contributed by atoms with Gasteiger partial charge in [-0.15, -0.1) is 0 Å². The first kappa shape index (κ1) is 14.1. The van der Waals surface area contributed by atoms with Gasteiger partial charge in [-0.1, -0.05) is 6.07 Å². The number of aromatic hydroxyl groups is 2. The van der Waals surface area contributed by atoms with Gasteiger partial charge in [-0.25, -0.2) is 4.79 Å². The summed E-state index contributed by atoms with van der Waals surface area (Å²) < 4.78 is 5.24. The lowest BCUT2D eigenvalue weighted by Crippen LogP contribution is -2.33. The Labute approximate surface area is 114 Å². The Bertz CT molecular complexity index is 530. The molecule has 2 unspecified atom stereocenters. The number of ether oxygens (including phenoxy) is 1. The van der Waals surface area contributed by atoms with Crippen molar-refractivity contribution in [2.24, 2.45) is 0 Å². The number of carboxylic acid groups (broad SMARTS) is 1. The van der Waals surface area contributed by atoms with Gasteiger partial charge in [0, 0.05) is 6.54 Å². The van der Waals surface area contributed by atoms with Crippen molar-refractivity contribution in [3.63, 3.8) is 0 Å². The van der Waals surface area contributed by atoms with Crippen LogP contribution in [0.2, 0.25) is 0 Å². The number of rotatable bonds is 4. The van der Waals surface area contributed by atoms with Crippen molar-refractivity contribution in [2.75, 3.05) is 6.54 Å². The van der Waals surface area contributed by atoms with Crippen LogP contribution in [0.25, 0.3) is 0 Å². The van der Waals surface area contributed by atoms with E-state index in [2.05, 4.69) is 5.32 Å². The summed E-state index contributed by atoms with van der Waals surface area (Å²) in [4.78, 5) is 22.6. The third-order valence-electron chi connectivity index (χ3n) is 3.13. The van der Waals surface area contributed by atoms with Crippen LogP contribution in [0.4, 0.5) is 0 Å². The zero-order chi connectivity index (χ0) is 14.7. The number of phenolic OH excluding ortho intramolecular Hbond substituents is 2. The minimum atomic E-state index is -1.01. The average molecular weight is 281 g/mol. The molecule has 20 heavy (non-hydrogen) atoms. The van der Waals surface area contributed by atoms with E-state index in [0.717, 1.165) is 0 Å². The number of carboxylic acids is 1. The number of aliphatic carboxylic acids is 1. The van der Waals surface area contributed by atoms with Crippen LogP contribution in [0.5, 0.6) is 11.5 Å². The first-order valence-corrected chi connectivity index (χ1v) is 6.16. The Kier molecular flexibility index (Phi) is 4.09. The highest BCUT2D eigenvalue weighted by molar-refractivity contribution is 5.97. The normalized spacial score (nSPS) is 21.6. The molecule has 0 aliphatic carbocycles. The molecular formula is C13H15NO6. The van der Waals surface area contributed by atoms with E-state index in [1.165, 1.54) is 18.2 Å². The van der Waals surface area contributed by atoms with Gasteiger partial charge < -0.3 is 25.4 Å². The number of phenols is 2. The Morgan fingerprint density at radius 1 is 1.30 bits per heavy atom. The van der Waals surface area contributed by atoms with Gasteiger partial charge in [0.2, 0.25) is 0 Å². The monoisotopic (exact) mass is 281 g/mol. The maximum atomic E-state index is 11.8. The van der Waals surface area contributed by atoms with Crippen LogP contribution < -0.4 is 5.32 Å². The highest BCUT2D eigenvalue weighted by atomic mass is 16.5. The quantitative estimate of drug-likeness (QED) is 0.596. The largest absolute Gasteiger partial charge is 0.504 e. The van der Waals surface area contributed by atoms with Crippen molar-refractivity contribution in [3.8, 4) is 11.5 Å². The Morgan fingerprint density at radius 3 is 2.70 bits per heavy atom. The fourth-order valence-corrected chi connectivity index (χ4v) is 2.05. The molecule has 1 amide bonds. The molecular weight excluding hydrogens is 266 g/mol. The molecule has 1 fully saturated rings. The van der Waals surface area contributed by atoms with Crippen LogP contribution in [0.1, 0.15) is 23.2 Å². The number of hydrogen-bond acceptors (Lipinski definition) is 5. The molecule has 0 bridgehead atoms. The summed E-state index contributed by atoms with van der Waals surface area (Å²) >= 11 is 0. The van der Waals surface area contributed by atoms with Crippen molar-refractivity contribution in [1.82, 2.24) is 5.32 Å². The molecule has 0 aromatic heterocycles. The number of benzene rings is 1. The first-order valence-electron chi connectivity index (χ1n) is 6.16. The topological polar surface area (TPSA) is 116 Å². The summed E-state index contributed by atoms with van der Waals surface area (Å²) in [6.07, 6.45) is -0.234. The highest BCUT2D eigenvalue weighted by Crippen LogP contribution is 2.28. The van der Waals surface area contributed by atoms with Crippen molar-refractivity contribution in [3.05, 3.63) is 23.8 Å². The summed E-state index contributed by atoms with van der Waals surface area (Å²) in [5.74, 6) is -2.42. The number of hydrogen-bond donors (Lipinski definition) is 4. The van der Waals surface area contributed by atoms with Gasteiger partial charge in [0.05, 0.1) is 11.7 Å². The van der Waals surface area contributed by atoms with E-state index in [9.17, 15) is 19.8 Å². The number of carbonyl (C=O) groups is 2. The minimum Gasteiger partial charge on any atom is -0.504 e. The lowest BCUT2D eigenvalue weighted by atomic mass is 10.1. The molecule has 1 heterocycles. The second-order valence-electron chi connectivity index (χ2n) is 4.55. The van der Waals surface area contributed by atoms with Crippen molar-refractivity contribution in [1.29, 1.82) is 0 Å². The predicted molar refractivity (Wildman–Crippen MR) is 67.6 cm³/mol. The molecule has 1 saturated heterocycles. The van der Waals surface area contributed by atoms with Gasteiger partial charge in [0.25, 0.3) is 5.91 Å². The van der Waals surface area contributed by atoms with E-state index in [4.69, 9.17) is 9.84 Å². The molecule has 7 nitrogen and oxygen atoms in total. The van der Waals surface area contributed by atoms with Gasteiger partial charge in [0.1, 0.15) is 0 Å². The number of nitrogens with one attached hydrogen (secondary N) is 1. The Hall–Kier alpha value is -2.28. The van der Waals surface area contributed by atoms with Gasteiger partial charge in [-0.05, 0) is 25.0 Å². The molecule has 1 aromatic carbocycles. The zero-order valence-electron chi connectivity index (χ0n) is 10.6. The molecule has 1 aliphatic heterocycles. The molecule has 0 radical (unpaired) electrons. The average Bonchev–Trinajstić information content (AvgIpc) is 2.88. The van der Waals surface area contributed by atoms with E-state index in [0.29, 0.717) is 12.8 Å². The molecule has 4 N–H and O–H groups in total. The molecule has 0 spiro atoms. The number of carbonyl (C=O) groups excluding carboxylic acids is 1. The van der Waals surface area contributed by atoms with Gasteiger partial charge in [-0.3, -0.25) is 4.79 Å². The van der Waals surface area contributed by atoms with Crippen LogP contribution in [0.3, 0.4) is 0 Å². The fraction of sp³-hybridized carbons (Fsp3) is 0.385. The Balaban J connectivity index is 1.90. The standard InChI is InChI=1S/C13H15NO6/c15-9-3-1-2-8(11(9)16)12(17)14-6-7-4-5-10(20-7)13(18)19/h1-3,7,10,15-16H,4-6H2,(H,14,17)(H,18,19). The van der Waals surface area contributed by atoms with Crippen LogP contribution in [-0.4, -0.2) is 45.9 Å². The molecule has 7 heteroatoms. The maximum Gasteiger partial charge on any atom is 0.332 e. The molecule has 1 aliphatic rings. The third-order valence-corrected chi connectivity index (χ3v) is 3.13. The second-order valence-corrected chi connectivity index (χ2v) is 4.55. The highest BCUT2D eigenvalue weighted by Gasteiger charge is 2.30. The van der Waals surface area contributed by atoms with E-state index < -0.39 is 23.7 Å². The predicted octanol–water partition coefficient (Wildman–Crippen LogP) is 0.460. The summed E-state index contributed by atoms with van der Waals surface area (Å²) in [6.45, 7) is 0.151. The van der Waals surface area contributed by atoms with Gasteiger partial charge in [0.15, 0.2) is 17.6 Å². The number of amides is 1. The van der Waals surface area contributed by atoms with Gasteiger partial charge >= 0.3 is 5.97 Å². The summed E-state index contributed by atoms with van der Waals surface area (Å²) in [5.41, 5.74) is -0.0437. The van der Waals surface area contributed by atoms with E-state index in [1.54, 1.807) is 0 Å². The van der Waals surface area contributed by atoms with Crippen molar-refractivity contribution < 1.29 is 29.6 Å². The van der Waals surface area contributed by atoms with Crippen molar-refractivity contribution >= 4 is 11.9 Å². The lowest BCUT2D eigenvalue weighted by Gasteiger charge is -2.13. The molecule has 2 atom stereocenters. The minimum absolute atomic E-state index is 0.0437. The maximum absolute atomic E-state index is 11.8. The summed E-state index contributed by atoms with van der Waals surface area (Å²) in [7, 11) is 0. The van der Waals surface area contributed by atoms with Gasteiger partial charge in [-0.2, -0.15) is 0 Å². The first-order chi connectivity index (χ1) is 9.49. The third kappa shape index (κ3) is 3.00. The summed E-state index contributed by atoms with van der Waals surface area (Å²) in [6, 6.07) is 4.08. The number of para-hydroxylation sites is 1. The Morgan fingerprint density at radius 2 is 2.05 bits per heavy atom. The SMILES string of the molecule is O=C(NCC1CCC(C(=O)O)O1)c1cccc(O)c1O. The zero-order valence-corrected chi connectivity index (χ0v) is 10.6.